The van der Waals surface area contributed by atoms with Gasteiger partial charge in [-0.15, -0.1) is 0 Å². The molecule has 2 aromatic rings. The van der Waals surface area contributed by atoms with E-state index in [9.17, 15) is 9.18 Å². The predicted octanol–water partition coefficient (Wildman–Crippen LogP) is 4.90. The van der Waals surface area contributed by atoms with Gasteiger partial charge in [0, 0.05) is 23.1 Å². The lowest BCUT2D eigenvalue weighted by atomic mass is 10.1. The van der Waals surface area contributed by atoms with E-state index in [4.69, 9.17) is 11.6 Å². The topological polar surface area (TPSA) is 20.3 Å². The Labute approximate surface area is 136 Å². The highest BCUT2D eigenvalue weighted by atomic mass is 79.9. The molecule has 21 heavy (non-hydrogen) atoms. The molecule has 2 aromatic carbocycles. The molecule has 0 aromatic heterocycles. The van der Waals surface area contributed by atoms with E-state index in [1.165, 1.54) is 12.1 Å². The molecule has 5 heteroatoms. The van der Waals surface area contributed by atoms with E-state index in [0.29, 0.717) is 23.7 Å². The van der Waals surface area contributed by atoms with Crippen molar-refractivity contribution in [2.45, 2.75) is 13.5 Å². The lowest BCUT2D eigenvalue weighted by Gasteiger charge is -2.21. The van der Waals surface area contributed by atoms with Gasteiger partial charge in [-0.05, 0) is 58.7 Å². The maximum Gasteiger partial charge on any atom is 0.254 e. The van der Waals surface area contributed by atoms with E-state index < -0.39 is 0 Å². The molecule has 0 N–H and O–H groups in total. The van der Waals surface area contributed by atoms with Gasteiger partial charge in [-0.25, -0.2) is 4.39 Å². The first kappa shape index (κ1) is 16.0. The molecule has 0 aliphatic rings. The van der Waals surface area contributed by atoms with Gasteiger partial charge >= 0.3 is 0 Å². The van der Waals surface area contributed by atoms with E-state index in [-0.39, 0.29) is 11.7 Å². The summed E-state index contributed by atoms with van der Waals surface area (Å²) in [5.41, 5.74) is 1.27. The fourth-order valence-electron chi connectivity index (χ4n) is 1.99. The molecule has 0 bridgehead atoms. The van der Waals surface area contributed by atoms with Crippen LogP contribution in [-0.4, -0.2) is 17.4 Å². The van der Waals surface area contributed by atoms with Crippen LogP contribution in [0.25, 0.3) is 0 Å². The lowest BCUT2D eigenvalue weighted by molar-refractivity contribution is 0.0752. The molecule has 0 saturated heterocycles. The summed E-state index contributed by atoms with van der Waals surface area (Å²) in [5.74, 6) is -0.432. The second-order valence-electron chi connectivity index (χ2n) is 4.58. The highest BCUT2D eigenvalue weighted by Gasteiger charge is 2.15. The van der Waals surface area contributed by atoms with Gasteiger partial charge in [-0.3, -0.25) is 4.79 Å². The lowest BCUT2D eigenvalue weighted by Crippen LogP contribution is -2.30. The molecule has 0 fully saturated rings. The minimum Gasteiger partial charge on any atom is -0.335 e. The number of rotatable bonds is 4. The van der Waals surface area contributed by atoms with Gasteiger partial charge in [0.2, 0.25) is 0 Å². The van der Waals surface area contributed by atoms with Crippen molar-refractivity contribution in [2.24, 2.45) is 0 Å². The van der Waals surface area contributed by atoms with Crippen molar-refractivity contribution in [3.63, 3.8) is 0 Å². The van der Waals surface area contributed by atoms with Crippen LogP contribution in [0.1, 0.15) is 22.8 Å². The summed E-state index contributed by atoms with van der Waals surface area (Å²) in [7, 11) is 0. The number of benzene rings is 2. The molecular weight excluding hydrogens is 357 g/mol. The van der Waals surface area contributed by atoms with Gasteiger partial charge in [0.25, 0.3) is 5.91 Å². The molecular formula is C16H14BrClFNO. The van der Waals surface area contributed by atoms with Crippen molar-refractivity contribution in [1.82, 2.24) is 4.90 Å². The number of halogens is 3. The van der Waals surface area contributed by atoms with Crippen LogP contribution in [0.15, 0.2) is 46.9 Å². The van der Waals surface area contributed by atoms with Gasteiger partial charge in [-0.2, -0.15) is 0 Å². The third-order valence-electron chi connectivity index (χ3n) is 3.10. The summed E-state index contributed by atoms with van der Waals surface area (Å²) in [5, 5.41) is 0.489. The summed E-state index contributed by atoms with van der Waals surface area (Å²) >= 11 is 9.32. The molecule has 0 unspecified atom stereocenters. The first-order valence-corrected chi connectivity index (χ1v) is 7.67. The Balaban J connectivity index is 2.20. The molecule has 2 nitrogen and oxygen atoms in total. The average molecular weight is 371 g/mol. The fourth-order valence-corrected chi connectivity index (χ4v) is 2.42. The highest BCUT2D eigenvalue weighted by Crippen LogP contribution is 2.24. The van der Waals surface area contributed by atoms with Crippen molar-refractivity contribution >= 4 is 33.4 Å². The third kappa shape index (κ3) is 4.05. The molecule has 0 spiro atoms. The number of nitrogens with zero attached hydrogens (tertiary/aromatic N) is 1. The number of hydrogen-bond donors (Lipinski definition) is 0. The molecule has 0 radical (unpaired) electrons. The van der Waals surface area contributed by atoms with Gasteiger partial charge in [0.05, 0.1) is 5.02 Å². The molecule has 0 atom stereocenters. The average Bonchev–Trinajstić information content (AvgIpc) is 2.47. The molecule has 1 amide bonds. The van der Waals surface area contributed by atoms with Crippen molar-refractivity contribution in [1.29, 1.82) is 0 Å². The molecule has 0 heterocycles. The zero-order chi connectivity index (χ0) is 15.4. The first-order valence-electron chi connectivity index (χ1n) is 6.50. The van der Waals surface area contributed by atoms with E-state index in [2.05, 4.69) is 15.9 Å². The number of carbonyl (C=O) groups excluding carboxylic acids is 1. The molecule has 0 aliphatic carbocycles. The van der Waals surface area contributed by atoms with Gasteiger partial charge in [0.1, 0.15) is 5.82 Å². The van der Waals surface area contributed by atoms with E-state index >= 15 is 0 Å². The van der Waals surface area contributed by atoms with Crippen molar-refractivity contribution in [3.05, 3.63) is 68.9 Å². The van der Waals surface area contributed by atoms with E-state index in [1.807, 2.05) is 6.92 Å². The Morgan fingerprint density at radius 3 is 2.67 bits per heavy atom. The molecule has 0 saturated carbocycles. The van der Waals surface area contributed by atoms with Crippen LogP contribution in [0.2, 0.25) is 5.02 Å². The Morgan fingerprint density at radius 1 is 1.29 bits per heavy atom. The second-order valence-corrected chi connectivity index (χ2v) is 5.84. The van der Waals surface area contributed by atoms with Crippen LogP contribution in [0.3, 0.4) is 0 Å². The number of amides is 1. The van der Waals surface area contributed by atoms with Gasteiger partial charge in [-0.1, -0.05) is 23.7 Å². The predicted molar refractivity (Wildman–Crippen MR) is 86.0 cm³/mol. The fraction of sp³-hybridized carbons (Fsp3) is 0.188. The Hall–Kier alpha value is -1.39. The monoisotopic (exact) mass is 369 g/mol. The molecule has 110 valence electrons. The summed E-state index contributed by atoms with van der Waals surface area (Å²) in [6.07, 6.45) is 0. The van der Waals surface area contributed by atoms with Crippen molar-refractivity contribution < 1.29 is 9.18 Å². The zero-order valence-electron chi connectivity index (χ0n) is 11.4. The highest BCUT2D eigenvalue weighted by molar-refractivity contribution is 9.10. The quantitative estimate of drug-likeness (QED) is 0.749. The minimum absolute atomic E-state index is 0.129. The van der Waals surface area contributed by atoms with Crippen LogP contribution in [-0.2, 0) is 6.54 Å². The zero-order valence-corrected chi connectivity index (χ0v) is 13.8. The minimum atomic E-state index is -0.303. The summed E-state index contributed by atoms with van der Waals surface area (Å²) < 4.78 is 14.0. The summed E-state index contributed by atoms with van der Waals surface area (Å²) in [6.45, 7) is 2.78. The van der Waals surface area contributed by atoms with E-state index in [1.54, 1.807) is 35.2 Å². The van der Waals surface area contributed by atoms with Crippen LogP contribution in [0, 0.1) is 5.82 Å². The maximum atomic E-state index is 13.2. The standard InChI is InChI=1S/C16H14BrClFNO/c1-2-20(10-11-4-3-5-13(19)8-11)16(21)12-6-7-14(17)15(18)9-12/h3-9H,2,10H2,1H3. The third-order valence-corrected chi connectivity index (χ3v) is 4.33. The second kappa shape index (κ2) is 7.05. The normalized spacial score (nSPS) is 10.5. The molecule has 2 rings (SSSR count). The van der Waals surface area contributed by atoms with Crippen LogP contribution >= 0.6 is 27.5 Å². The Bertz CT molecular complexity index is 662. The maximum absolute atomic E-state index is 13.2. The van der Waals surface area contributed by atoms with Crippen LogP contribution in [0.4, 0.5) is 4.39 Å². The van der Waals surface area contributed by atoms with Gasteiger partial charge < -0.3 is 4.90 Å². The number of hydrogen-bond acceptors (Lipinski definition) is 1. The largest absolute Gasteiger partial charge is 0.335 e. The van der Waals surface area contributed by atoms with E-state index in [0.717, 1.165) is 10.0 Å². The van der Waals surface area contributed by atoms with Crippen molar-refractivity contribution in [3.8, 4) is 0 Å². The summed E-state index contributed by atoms with van der Waals surface area (Å²) in [6, 6.07) is 11.3. The Morgan fingerprint density at radius 2 is 2.05 bits per heavy atom. The smallest absolute Gasteiger partial charge is 0.254 e. The number of carbonyl (C=O) groups is 1. The molecule has 0 aliphatic heterocycles. The van der Waals surface area contributed by atoms with Crippen LogP contribution < -0.4 is 0 Å². The van der Waals surface area contributed by atoms with Crippen molar-refractivity contribution in [2.75, 3.05) is 6.54 Å². The summed E-state index contributed by atoms with van der Waals surface area (Å²) in [4.78, 5) is 14.1. The first-order chi connectivity index (χ1) is 10.0. The van der Waals surface area contributed by atoms with Crippen LogP contribution in [0.5, 0.6) is 0 Å². The van der Waals surface area contributed by atoms with Gasteiger partial charge in [0.15, 0.2) is 0 Å². The Kier molecular flexibility index (Phi) is 5.37. The SMILES string of the molecule is CCN(Cc1cccc(F)c1)C(=O)c1ccc(Br)c(Cl)c1.